The lowest BCUT2D eigenvalue weighted by Crippen LogP contribution is -2.35. The number of carbonyl (C=O) groups excluding carboxylic acids is 1. The first kappa shape index (κ1) is 16.7. The molecule has 1 aromatic rings. The molecule has 0 saturated heterocycles. The second kappa shape index (κ2) is 6.37. The number of anilines is 1. The number of carbonyl (C=O) groups is 1. The van der Waals surface area contributed by atoms with Crippen LogP contribution in [0.3, 0.4) is 0 Å². The van der Waals surface area contributed by atoms with Gasteiger partial charge in [-0.2, -0.15) is 8.78 Å². The second-order valence-electron chi connectivity index (χ2n) is 3.98. The molecule has 0 aliphatic rings. The molecule has 0 aliphatic heterocycles. The summed E-state index contributed by atoms with van der Waals surface area (Å²) in [6.45, 7) is -1.50. The van der Waals surface area contributed by atoms with Crippen LogP contribution in [0.2, 0.25) is 0 Å². The molecule has 0 aliphatic carbocycles. The summed E-state index contributed by atoms with van der Waals surface area (Å²) in [5.74, 6) is -4.95. The molecule has 0 radical (unpaired) electrons. The quantitative estimate of drug-likeness (QED) is 0.479. The number of hydrogen-bond donors (Lipinski definition) is 2. The number of nitrogens with zero attached hydrogens (tertiary/aromatic N) is 1. The average Bonchev–Trinajstić information content (AvgIpc) is 2.43. The zero-order chi connectivity index (χ0) is 16.2. The molecule has 1 amide bonds. The number of rotatable bonds is 6. The standard InChI is InChI=1S/C11H11F4N3O3/c1-16-9(19)6-2-3-8(18(20)21)7(4-6)17-5-11(14,15)10(12)13/h2-4,10,17H,5H2,1H3,(H,16,19). The van der Waals surface area contributed by atoms with E-state index in [9.17, 15) is 32.5 Å². The van der Waals surface area contributed by atoms with Gasteiger partial charge in [0, 0.05) is 18.7 Å². The van der Waals surface area contributed by atoms with Gasteiger partial charge in [-0.15, -0.1) is 0 Å². The lowest BCUT2D eigenvalue weighted by atomic mass is 10.1. The van der Waals surface area contributed by atoms with Crippen LogP contribution in [-0.4, -0.2) is 36.8 Å². The Labute approximate surface area is 116 Å². The first-order valence-corrected chi connectivity index (χ1v) is 5.59. The van der Waals surface area contributed by atoms with Crippen molar-refractivity contribution in [1.29, 1.82) is 0 Å². The van der Waals surface area contributed by atoms with Gasteiger partial charge in [-0.1, -0.05) is 0 Å². The Morgan fingerprint density at radius 1 is 1.43 bits per heavy atom. The van der Waals surface area contributed by atoms with Gasteiger partial charge in [-0.25, -0.2) is 8.78 Å². The lowest BCUT2D eigenvalue weighted by Gasteiger charge is -2.16. The number of nitrogens with one attached hydrogen (secondary N) is 2. The van der Waals surface area contributed by atoms with E-state index in [-0.39, 0.29) is 5.56 Å². The Morgan fingerprint density at radius 2 is 2.05 bits per heavy atom. The van der Waals surface area contributed by atoms with Gasteiger partial charge in [0.15, 0.2) is 0 Å². The van der Waals surface area contributed by atoms with E-state index in [1.54, 1.807) is 0 Å². The van der Waals surface area contributed by atoms with E-state index < -0.39 is 41.1 Å². The Balaban J connectivity index is 3.07. The average molecular weight is 309 g/mol. The maximum atomic E-state index is 12.8. The number of benzene rings is 1. The first-order valence-electron chi connectivity index (χ1n) is 5.59. The van der Waals surface area contributed by atoms with E-state index in [4.69, 9.17) is 0 Å². The number of nitro groups is 1. The molecular weight excluding hydrogens is 298 g/mol. The molecule has 0 atom stereocenters. The number of halogens is 4. The highest BCUT2D eigenvalue weighted by molar-refractivity contribution is 5.95. The number of hydrogen-bond acceptors (Lipinski definition) is 4. The Morgan fingerprint density at radius 3 is 2.52 bits per heavy atom. The van der Waals surface area contributed by atoms with Crippen LogP contribution in [0.4, 0.5) is 28.9 Å². The van der Waals surface area contributed by atoms with Gasteiger partial charge in [-0.05, 0) is 12.1 Å². The molecule has 1 aromatic carbocycles. The molecule has 6 nitrogen and oxygen atoms in total. The zero-order valence-corrected chi connectivity index (χ0v) is 10.7. The fourth-order valence-electron chi connectivity index (χ4n) is 1.41. The van der Waals surface area contributed by atoms with Crippen molar-refractivity contribution < 1.29 is 27.3 Å². The van der Waals surface area contributed by atoms with E-state index in [0.29, 0.717) is 0 Å². The molecule has 21 heavy (non-hydrogen) atoms. The molecule has 0 fully saturated rings. The third-order valence-corrected chi connectivity index (χ3v) is 2.52. The summed E-state index contributed by atoms with van der Waals surface area (Å²) >= 11 is 0. The van der Waals surface area contributed by atoms with Gasteiger partial charge < -0.3 is 10.6 Å². The molecule has 116 valence electrons. The minimum Gasteiger partial charge on any atom is -0.373 e. The molecular formula is C11H11F4N3O3. The largest absolute Gasteiger partial charge is 0.373 e. The molecule has 10 heteroatoms. The number of nitro benzene ring substituents is 1. The van der Waals surface area contributed by atoms with E-state index in [1.807, 2.05) is 5.32 Å². The summed E-state index contributed by atoms with van der Waals surface area (Å²) in [6, 6.07) is 2.99. The summed E-state index contributed by atoms with van der Waals surface area (Å²) in [6.07, 6.45) is -3.91. The van der Waals surface area contributed by atoms with Crippen molar-refractivity contribution in [2.75, 3.05) is 18.9 Å². The van der Waals surface area contributed by atoms with Gasteiger partial charge in [0.2, 0.25) is 0 Å². The monoisotopic (exact) mass is 309 g/mol. The van der Waals surface area contributed by atoms with Crippen molar-refractivity contribution in [3.8, 4) is 0 Å². The highest BCUT2D eigenvalue weighted by Crippen LogP contribution is 2.28. The van der Waals surface area contributed by atoms with Crippen molar-refractivity contribution in [1.82, 2.24) is 5.32 Å². The maximum absolute atomic E-state index is 12.8. The van der Waals surface area contributed by atoms with Crippen LogP contribution < -0.4 is 10.6 Å². The SMILES string of the molecule is CNC(=O)c1ccc([N+](=O)[O-])c(NCC(F)(F)C(F)F)c1. The molecule has 0 heterocycles. The van der Waals surface area contributed by atoms with E-state index in [1.165, 1.54) is 7.05 Å². The molecule has 0 spiro atoms. The summed E-state index contributed by atoms with van der Waals surface area (Å²) in [5.41, 5.74) is -1.08. The molecule has 0 saturated carbocycles. The maximum Gasteiger partial charge on any atom is 0.324 e. The Hall–Kier alpha value is -2.39. The van der Waals surface area contributed by atoms with Crippen LogP contribution in [0.25, 0.3) is 0 Å². The molecule has 0 unspecified atom stereocenters. The summed E-state index contributed by atoms with van der Waals surface area (Å²) in [4.78, 5) is 21.3. The van der Waals surface area contributed by atoms with Gasteiger partial charge in [-0.3, -0.25) is 14.9 Å². The molecule has 1 rings (SSSR count). The van der Waals surface area contributed by atoms with Crippen LogP contribution in [0.1, 0.15) is 10.4 Å². The van der Waals surface area contributed by atoms with Crippen LogP contribution in [0.15, 0.2) is 18.2 Å². The Kier molecular flexibility index (Phi) is 5.06. The highest BCUT2D eigenvalue weighted by Gasteiger charge is 2.40. The summed E-state index contributed by atoms with van der Waals surface area (Å²) in [5, 5.41) is 14.9. The third-order valence-electron chi connectivity index (χ3n) is 2.52. The van der Waals surface area contributed by atoms with Crippen LogP contribution in [0, 0.1) is 10.1 Å². The fourth-order valence-corrected chi connectivity index (χ4v) is 1.41. The van der Waals surface area contributed by atoms with Gasteiger partial charge >= 0.3 is 12.3 Å². The normalized spacial score (nSPS) is 11.3. The van der Waals surface area contributed by atoms with Crippen molar-refractivity contribution in [2.24, 2.45) is 0 Å². The van der Waals surface area contributed by atoms with Crippen molar-refractivity contribution in [3.63, 3.8) is 0 Å². The fraction of sp³-hybridized carbons (Fsp3) is 0.364. The zero-order valence-electron chi connectivity index (χ0n) is 10.7. The van der Waals surface area contributed by atoms with Crippen LogP contribution >= 0.6 is 0 Å². The third kappa shape index (κ3) is 4.04. The minimum atomic E-state index is -4.35. The number of amides is 1. The van der Waals surface area contributed by atoms with Gasteiger partial charge in [0.05, 0.1) is 11.5 Å². The Bertz CT molecular complexity index is 552. The van der Waals surface area contributed by atoms with E-state index in [2.05, 4.69) is 5.32 Å². The molecule has 0 bridgehead atoms. The summed E-state index contributed by atoms with van der Waals surface area (Å²) < 4.78 is 49.8. The van der Waals surface area contributed by atoms with Crippen molar-refractivity contribution in [2.45, 2.75) is 12.3 Å². The predicted octanol–water partition coefficient (Wildman–Crippen LogP) is 2.27. The summed E-state index contributed by atoms with van der Waals surface area (Å²) in [7, 11) is 1.31. The lowest BCUT2D eigenvalue weighted by molar-refractivity contribution is -0.384. The highest BCUT2D eigenvalue weighted by atomic mass is 19.3. The van der Waals surface area contributed by atoms with Crippen molar-refractivity contribution in [3.05, 3.63) is 33.9 Å². The predicted molar refractivity (Wildman–Crippen MR) is 65.9 cm³/mol. The van der Waals surface area contributed by atoms with Crippen molar-refractivity contribution >= 4 is 17.3 Å². The van der Waals surface area contributed by atoms with Gasteiger partial charge in [0.1, 0.15) is 5.69 Å². The minimum absolute atomic E-state index is 0.0361. The smallest absolute Gasteiger partial charge is 0.324 e. The first-order chi connectivity index (χ1) is 9.69. The molecule has 0 aromatic heterocycles. The number of alkyl halides is 4. The van der Waals surface area contributed by atoms with E-state index >= 15 is 0 Å². The molecule has 2 N–H and O–H groups in total. The van der Waals surface area contributed by atoms with Crippen LogP contribution in [0.5, 0.6) is 0 Å². The van der Waals surface area contributed by atoms with E-state index in [0.717, 1.165) is 18.2 Å². The van der Waals surface area contributed by atoms with Crippen LogP contribution in [-0.2, 0) is 0 Å². The van der Waals surface area contributed by atoms with Gasteiger partial charge in [0.25, 0.3) is 11.6 Å². The second-order valence-corrected chi connectivity index (χ2v) is 3.98. The topological polar surface area (TPSA) is 84.3 Å².